The van der Waals surface area contributed by atoms with Crippen molar-refractivity contribution in [3.8, 4) is 0 Å². The second kappa shape index (κ2) is 11.5. The van der Waals surface area contributed by atoms with Crippen LogP contribution in [0.3, 0.4) is 0 Å². The Kier molecular flexibility index (Phi) is 10.4. The van der Waals surface area contributed by atoms with E-state index in [1.807, 2.05) is 67.8 Å². The summed E-state index contributed by atoms with van der Waals surface area (Å²) in [5.74, 6) is -1.19. The van der Waals surface area contributed by atoms with Gasteiger partial charge in [-0.1, -0.05) is 0 Å². The van der Waals surface area contributed by atoms with Crippen LogP contribution in [-0.4, -0.2) is 65.6 Å². The van der Waals surface area contributed by atoms with E-state index >= 15 is 0 Å². The van der Waals surface area contributed by atoms with Gasteiger partial charge in [-0.05, 0) is 67.8 Å². The first kappa shape index (κ1) is 24.5. The molecule has 0 radical (unpaired) electrons. The average molecular weight is 718 g/mol. The lowest BCUT2D eigenvalue weighted by molar-refractivity contribution is 0.0877. The monoisotopic (exact) mass is 718 g/mol. The quantitative estimate of drug-likeness (QED) is 0.184. The number of carbonyl (C=O) groups excluding carboxylic acids is 3. The number of hydrogen-bond acceptors (Lipinski definition) is 6. The number of hydrogen-bond donors (Lipinski definition) is 7. The Morgan fingerprint density at radius 2 is 1.44 bits per heavy atom. The molecule has 0 unspecified atom stereocenters. The molecule has 4 amide bonds. The van der Waals surface area contributed by atoms with Crippen LogP contribution in [0.25, 0.3) is 0 Å². The normalized spacial score (nSPS) is 10.6. The zero-order chi connectivity index (χ0) is 20.7. The summed E-state index contributed by atoms with van der Waals surface area (Å²) >= 11 is 5.53. The molecule has 1 rings (SSSR count). The van der Waals surface area contributed by atoms with Crippen LogP contribution in [0.1, 0.15) is 20.7 Å². The van der Waals surface area contributed by atoms with E-state index in [2.05, 4.69) is 16.0 Å². The highest BCUT2D eigenvalue weighted by Crippen LogP contribution is 2.35. The Balaban J connectivity index is 3.58. The lowest BCUT2D eigenvalue weighted by atomic mass is 10.1. The number of urea groups is 1. The van der Waals surface area contributed by atoms with Crippen molar-refractivity contribution in [2.45, 2.75) is 6.04 Å². The number of nitrogens with one attached hydrogen (secondary N) is 3. The van der Waals surface area contributed by atoms with Crippen molar-refractivity contribution in [1.82, 2.24) is 10.6 Å². The zero-order valence-corrected chi connectivity index (χ0v) is 20.2. The fourth-order valence-corrected chi connectivity index (χ4v) is 6.38. The Labute approximate surface area is 195 Å². The molecule has 0 spiro atoms. The molecule has 0 aliphatic rings. The van der Waals surface area contributed by atoms with E-state index in [4.69, 9.17) is 10.8 Å². The molecule has 10 nitrogen and oxygen atoms in total. The molecule has 0 aliphatic carbocycles. The SMILES string of the molecule is NC(=O)Nc1c(I)c(C(=O)NCCO)c(I)c(C(=O)NC(CO)CO)c1I. The van der Waals surface area contributed by atoms with Gasteiger partial charge in [-0.25, -0.2) is 4.79 Å². The third-order valence-corrected chi connectivity index (χ3v) is 6.43. The van der Waals surface area contributed by atoms with Crippen molar-refractivity contribution in [3.05, 3.63) is 21.8 Å². The summed E-state index contributed by atoms with van der Waals surface area (Å²) in [4.78, 5) is 36.6. The van der Waals surface area contributed by atoms with Crippen molar-refractivity contribution in [1.29, 1.82) is 0 Å². The average Bonchev–Trinajstić information content (AvgIpc) is 2.61. The molecule has 0 aliphatic heterocycles. The van der Waals surface area contributed by atoms with Gasteiger partial charge in [0.2, 0.25) is 0 Å². The molecule has 150 valence electrons. The summed E-state index contributed by atoms with van der Waals surface area (Å²) in [5, 5.41) is 34.6. The Bertz CT molecular complexity index is 742. The molecule has 0 saturated heterocycles. The van der Waals surface area contributed by atoms with Crippen molar-refractivity contribution in [2.24, 2.45) is 5.73 Å². The highest BCUT2D eigenvalue weighted by atomic mass is 127. The number of rotatable bonds is 8. The molecule has 13 heteroatoms. The Morgan fingerprint density at radius 3 is 1.89 bits per heavy atom. The number of nitrogens with two attached hydrogens (primary N) is 1. The van der Waals surface area contributed by atoms with Gasteiger partial charge in [-0.2, -0.15) is 0 Å². The second-order valence-corrected chi connectivity index (χ2v) is 8.31. The Morgan fingerprint density at radius 1 is 0.926 bits per heavy atom. The number of amides is 4. The van der Waals surface area contributed by atoms with Crippen LogP contribution in [0.4, 0.5) is 10.5 Å². The van der Waals surface area contributed by atoms with E-state index in [-0.39, 0.29) is 30.0 Å². The van der Waals surface area contributed by atoms with Crippen molar-refractivity contribution < 1.29 is 29.7 Å². The molecule has 0 atom stereocenters. The third kappa shape index (κ3) is 6.24. The smallest absolute Gasteiger partial charge is 0.316 e. The predicted molar refractivity (Wildman–Crippen MR) is 123 cm³/mol. The van der Waals surface area contributed by atoms with Crippen LogP contribution in [0.2, 0.25) is 0 Å². The minimum absolute atomic E-state index is 0.00812. The van der Waals surface area contributed by atoms with Gasteiger partial charge in [-0.15, -0.1) is 0 Å². The van der Waals surface area contributed by atoms with Crippen molar-refractivity contribution in [2.75, 3.05) is 31.7 Å². The topological polar surface area (TPSA) is 174 Å². The number of benzene rings is 1. The van der Waals surface area contributed by atoms with Crippen LogP contribution in [0.15, 0.2) is 0 Å². The van der Waals surface area contributed by atoms with Crippen LogP contribution in [0, 0.1) is 10.7 Å². The minimum atomic E-state index is -0.886. The number of primary amides is 1. The van der Waals surface area contributed by atoms with E-state index in [0.29, 0.717) is 10.7 Å². The Hall–Kier alpha value is -0.500. The van der Waals surface area contributed by atoms with Gasteiger partial charge in [0.1, 0.15) is 0 Å². The highest BCUT2D eigenvalue weighted by molar-refractivity contribution is 14.1. The maximum Gasteiger partial charge on any atom is 0.316 e. The summed E-state index contributed by atoms with van der Waals surface area (Å²) in [5.41, 5.74) is 5.60. The van der Waals surface area contributed by atoms with Crippen LogP contribution in [0.5, 0.6) is 0 Å². The maximum absolute atomic E-state index is 12.7. The number of aliphatic hydroxyl groups excluding tert-OH is 3. The number of aliphatic hydroxyl groups is 3. The van der Waals surface area contributed by atoms with E-state index in [1.165, 1.54) is 0 Å². The first-order chi connectivity index (χ1) is 12.7. The largest absolute Gasteiger partial charge is 0.395 e. The molecule has 0 aromatic heterocycles. The summed E-state index contributed by atoms with van der Waals surface area (Å²) in [6.07, 6.45) is 0. The van der Waals surface area contributed by atoms with Gasteiger partial charge < -0.3 is 37.0 Å². The summed E-state index contributed by atoms with van der Waals surface area (Å²) < 4.78 is 1.01. The molecule has 1 aromatic rings. The molecule has 1 aromatic carbocycles. The number of anilines is 1. The van der Waals surface area contributed by atoms with Crippen molar-refractivity contribution in [3.63, 3.8) is 0 Å². The van der Waals surface area contributed by atoms with Crippen LogP contribution < -0.4 is 21.7 Å². The highest BCUT2D eigenvalue weighted by Gasteiger charge is 2.29. The lowest BCUT2D eigenvalue weighted by Gasteiger charge is -2.20. The molecule has 0 heterocycles. The van der Waals surface area contributed by atoms with Gasteiger partial charge in [0, 0.05) is 10.1 Å². The maximum atomic E-state index is 12.7. The predicted octanol–water partition coefficient (Wildman–Crippen LogP) is -0.204. The van der Waals surface area contributed by atoms with Crippen LogP contribution >= 0.6 is 67.8 Å². The number of halogens is 3. The summed E-state index contributed by atoms with van der Waals surface area (Å²) in [6.45, 7) is -1.21. The first-order valence-corrected chi connectivity index (χ1v) is 10.6. The zero-order valence-electron chi connectivity index (χ0n) is 13.7. The van der Waals surface area contributed by atoms with E-state index < -0.39 is 37.1 Å². The summed E-state index contributed by atoms with van der Waals surface area (Å²) in [6, 6.07) is -1.76. The molecule has 27 heavy (non-hydrogen) atoms. The van der Waals surface area contributed by atoms with Gasteiger partial charge in [0.15, 0.2) is 0 Å². The lowest BCUT2D eigenvalue weighted by Crippen LogP contribution is -2.41. The minimum Gasteiger partial charge on any atom is -0.395 e. The molecule has 8 N–H and O–H groups in total. The molecular weight excluding hydrogens is 701 g/mol. The van der Waals surface area contributed by atoms with Gasteiger partial charge in [-0.3, -0.25) is 9.59 Å². The third-order valence-electron chi connectivity index (χ3n) is 3.19. The van der Waals surface area contributed by atoms with Gasteiger partial charge in [0.05, 0.1) is 49.8 Å². The van der Waals surface area contributed by atoms with E-state index in [0.717, 1.165) is 0 Å². The first-order valence-electron chi connectivity index (χ1n) is 7.38. The van der Waals surface area contributed by atoms with Gasteiger partial charge >= 0.3 is 6.03 Å². The number of carbonyl (C=O) groups is 3. The molecular formula is C14H17I3N4O6. The fourth-order valence-electron chi connectivity index (χ4n) is 1.96. The van der Waals surface area contributed by atoms with Crippen LogP contribution in [-0.2, 0) is 0 Å². The molecule has 0 bridgehead atoms. The second-order valence-electron chi connectivity index (χ2n) is 5.07. The standard InChI is InChI=1S/C14H17I3N4O6/c15-8-6(12(25)19-1-2-22)9(16)11(21-14(18)27)10(17)7(8)13(26)20-5(3-23)4-24/h5,22-24H,1-4H2,(H,19,25)(H,20,26)(H3,18,21,27). The van der Waals surface area contributed by atoms with Gasteiger partial charge in [0.25, 0.3) is 11.8 Å². The van der Waals surface area contributed by atoms with Crippen molar-refractivity contribution >= 4 is 91.3 Å². The summed E-state index contributed by atoms with van der Waals surface area (Å²) in [7, 11) is 0. The molecule has 0 fully saturated rings. The fraction of sp³-hybridized carbons (Fsp3) is 0.357. The van der Waals surface area contributed by atoms with E-state index in [1.54, 1.807) is 0 Å². The molecule has 0 saturated carbocycles. The van der Waals surface area contributed by atoms with E-state index in [9.17, 15) is 24.6 Å².